The van der Waals surface area contributed by atoms with Gasteiger partial charge < -0.3 is 10.3 Å². The highest BCUT2D eigenvalue weighted by Crippen LogP contribution is 2.29. The minimum atomic E-state index is -1.40. The number of allylic oxidation sites excluding steroid dienone is 2. The molecule has 0 amide bonds. The van der Waals surface area contributed by atoms with Crippen LogP contribution in [0.5, 0.6) is 0 Å². The van der Waals surface area contributed by atoms with Gasteiger partial charge in [-0.2, -0.15) is 5.26 Å². The topological polar surface area (TPSA) is 84.9 Å². The van der Waals surface area contributed by atoms with E-state index in [1.54, 1.807) is 18.2 Å². The molecule has 0 radical (unpaired) electrons. The summed E-state index contributed by atoms with van der Waals surface area (Å²) in [5.74, 6) is -0.528. The van der Waals surface area contributed by atoms with Gasteiger partial charge in [-0.3, -0.25) is 0 Å². The minimum Gasteiger partial charge on any atom is -0.598 e. The Morgan fingerprint density at radius 2 is 2.12 bits per heavy atom. The zero-order valence-corrected chi connectivity index (χ0v) is 14.9. The first-order valence-electron chi connectivity index (χ1n) is 7.26. The lowest BCUT2D eigenvalue weighted by atomic mass is 9.97. The molecular formula is C18H22FN3OS. The first-order chi connectivity index (χ1) is 11.1. The molecule has 0 aliphatic heterocycles. The summed E-state index contributed by atoms with van der Waals surface area (Å²) in [5, 5.41) is 8.94. The molecule has 6 heteroatoms. The molecule has 0 aromatic heterocycles. The fourth-order valence-corrected chi connectivity index (χ4v) is 2.69. The van der Waals surface area contributed by atoms with Crippen molar-refractivity contribution in [3.05, 3.63) is 66.0 Å². The number of hydrogen-bond donors (Lipinski definition) is 2. The van der Waals surface area contributed by atoms with E-state index >= 15 is 0 Å². The molecule has 4 nitrogen and oxygen atoms in total. The third-order valence-corrected chi connectivity index (χ3v) is 4.75. The van der Waals surface area contributed by atoms with Crippen molar-refractivity contribution in [2.75, 3.05) is 5.73 Å². The van der Waals surface area contributed by atoms with Crippen LogP contribution in [0.1, 0.15) is 32.4 Å². The Morgan fingerprint density at radius 1 is 1.50 bits per heavy atom. The fraction of sp³-hybridized carbons (Fsp3) is 0.278. The van der Waals surface area contributed by atoms with Crippen LogP contribution < -0.4 is 10.5 Å². The molecular weight excluding hydrogens is 325 g/mol. The molecule has 2 atom stereocenters. The van der Waals surface area contributed by atoms with E-state index in [1.807, 2.05) is 26.8 Å². The fourth-order valence-electron chi connectivity index (χ4n) is 1.85. The molecule has 1 aromatic carbocycles. The van der Waals surface area contributed by atoms with E-state index in [4.69, 9.17) is 11.0 Å². The zero-order valence-electron chi connectivity index (χ0n) is 14.1. The van der Waals surface area contributed by atoms with E-state index in [2.05, 4.69) is 17.9 Å². The van der Waals surface area contributed by atoms with Gasteiger partial charge in [-0.05, 0) is 50.1 Å². The van der Waals surface area contributed by atoms with Crippen LogP contribution in [0.3, 0.4) is 0 Å². The number of benzene rings is 1. The molecule has 3 N–H and O–H groups in total. The summed E-state index contributed by atoms with van der Waals surface area (Å²) in [6.45, 7) is 12.9. The van der Waals surface area contributed by atoms with Gasteiger partial charge in [-0.25, -0.2) is 4.39 Å². The predicted molar refractivity (Wildman–Crippen MR) is 97.6 cm³/mol. The van der Waals surface area contributed by atoms with Crippen LogP contribution in [0, 0.1) is 17.1 Å². The summed E-state index contributed by atoms with van der Waals surface area (Å²) in [4.78, 5) is 0. The molecule has 1 unspecified atom stereocenters. The Labute approximate surface area is 145 Å². The van der Waals surface area contributed by atoms with E-state index in [9.17, 15) is 8.94 Å². The number of nitrogen functional groups attached to an aromatic ring is 1. The van der Waals surface area contributed by atoms with Gasteiger partial charge in [0.2, 0.25) is 0 Å². The molecule has 128 valence electrons. The summed E-state index contributed by atoms with van der Waals surface area (Å²) < 4.78 is 28.5. The molecule has 0 saturated heterocycles. The molecule has 24 heavy (non-hydrogen) atoms. The van der Waals surface area contributed by atoms with Gasteiger partial charge in [0.15, 0.2) is 0 Å². The Balaban J connectivity index is 3.37. The maximum Gasteiger partial charge on any atom is 0.146 e. The second-order valence-electron chi connectivity index (χ2n) is 6.20. The summed E-state index contributed by atoms with van der Waals surface area (Å²) in [6.07, 6.45) is 3.09. The number of nitriles is 1. The molecule has 0 bridgehead atoms. The molecule has 0 spiro atoms. The van der Waals surface area contributed by atoms with Crippen LogP contribution in [0.2, 0.25) is 0 Å². The first-order valence-corrected chi connectivity index (χ1v) is 8.41. The number of nitrogens with zero attached hydrogens (tertiary/aromatic N) is 1. The predicted octanol–water partition coefficient (Wildman–Crippen LogP) is 3.69. The zero-order chi connectivity index (χ0) is 18.5. The highest BCUT2D eigenvalue weighted by Gasteiger charge is 2.31. The summed E-state index contributed by atoms with van der Waals surface area (Å²) in [5.41, 5.74) is 7.07. The summed E-state index contributed by atoms with van der Waals surface area (Å²) in [7, 11) is 0. The van der Waals surface area contributed by atoms with E-state index in [0.717, 1.165) is 0 Å². The molecule has 0 saturated carbocycles. The van der Waals surface area contributed by atoms with Gasteiger partial charge in [-0.1, -0.05) is 25.3 Å². The smallest absolute Gasteiger partial charge is 0.146 e. The van der Waals surface area contributed by atoms with Crippen molar-refractivity contribution in [1.82, 2.24) is 4.72 Å². The Morgan fingerprint density at radius 3 is 2.58 bits per heavy atom. The van der Waals surface area contributed by atoms with E-state index in [-0.39, 0.29) is 11.3 Å². The standard InChI is InChI=1S/C18H22FN3OS/c1-6-13(9-12(2)11-20)17(22-24(23)18(3,4)5)14-7-8-15(19)16(21)10-14/h6-10,17,22H,1-2,21H2,3-5H3/b13-9+/t17-,24?/m1/s1. The highest BCUT2D eigenvalue weighted by atomic mass is 32.2. The van der Waals surface area contributed by atoms with Crippen LogP contribution in [-0.4, -0.2) is 9.30 Å². The number of hydrogen-bond acceptors (Lipinski definition) is 4. The van der Waals surface area contributed by atoms with Crippen LogP contribution >= 0.6 is 0 Å². The SMILES string of the molecule is C=C/C(=C\C(=C)C#N)[C@@H](N[S+]([O-])C(C)(C)C)c1ccc(F)c(N)c1. The molecule has 1 rings (SSSR count). The van der Waals surface area contributed by atoms with Crippen LogP contribution in [-0.2, 0) is 11.4 Å². The summed E-state index contributed by atoms with van der Waals surface area (Å²) >= 11 is -1.40. The number of rotatable bonds is 6. The Hall–Kier alpha value is -2.07. The molecule has 0 fully saturated rings. The minimum absolute atomic E-state index is 0.0108. The van der Waals surface area contributed by atoms with E-state index < -0.39 is 28.0 Å². The quantitative estimate of drug-likeness (QED) is 0.356. The van der Waals surface area contributed by atoms with Crippen molar-refractivity contribution < 1.29 is 8.94 Å². The largest absolute Gasteiger partial charge is 0.598 e. The van der Waals surface area contributed by atoms with Gasteiger partial charge >= 0.3 is 0 Å². The second-order valence-corrected chi connectivity index (χ2v) is 8.20. The van der Waals surface area contributed by atoms with Gasteiger partial charge in [0.1, 0.15) is 16.6 Å². The molecule has 0 aliphatic rings. The lowest BCUT2D eigenvalue weighted by Crippen LogP contribution is -2.41. The lowest BCUT2D eigenvalue weighted by molar-refractivity contribution is 0.535. The van der Waals surface area contributed by atoms with Crippen LogP contribution in [0.25, 0.3) is 0 Å². The average Bonchev–Trinajstić information content (AvgIpc) is 2.51. The van der Waals surface area contributed by atoms with E-state index in [0.29, 0.717) is 11.1 Å². The Bertz CT molecular complexity index is 701. The Kier molecular flexibility index (Phi) is 6.79. The third-order valence-electron chi connectivity index (χ3n) is 3.19. The number of halogens is 1. The van der Waals surface area contributed by atoms with Crippen molar-refractivity contribution in [2.45, 2.75) is 31.6 Å². The van der Waals surface area contributed by atoms with Crippen molar-refractivity contribution in [3.8, 4) is 6.07 Å². The monoisotopic (exact) mass is 347 g/mol. The number of nitrogens with one attached hydrogen (secondary N) is 1. The third kappa shape index (κ3) is 5.24. The lowest BCUT2D eigenvalue weighted by Gasteiger charge is -2.29. The maximum atomic E-state index is 13.5. The molecule has 1 aromatic rings. The highest BCUT2D eigenvalue weighted by molar-refractivity contribution is 7.90. The van der Waals surface area contributed by atoms with Crippen molar-refractivity contribution in [1.29, 1.82) is 5.26 Å². The van der Waals surface area contributed by atoms with Gasteiger partial charge in [0.25, 0.3) is 0 Å². The van der Waals surface area contributed by atoms with Crippen molar-refractivity contribution in [3.63, 3.8) is 0 Å². The van der Waals surface area contributed by atoms with Gasteiger partial charge in [-0.15, -0.1) is 4.72 Å². The molecule has 0 aliphatic carbocycles. The number of anilines is 1. The van der Waals surface area contributed by atoms with Crippen molar-refractivity contribution >= 4 is 17.0 Å². The van der Waals surface area contributed by atoms with Crippen LogP contribution in [0.15, 0.2) is 54.7 Å². The van der Waals surface area contributed by atoms with Crippen LogP contribution in [0.4, 0.5) is 10.1 Å². The summed E-state index contributed by atoms with van der Waals surface area (Å²) in [6, 6.07) is 5.63. The van der Waals surface area contributed by atoms with E-state index in [1.165, 1.54) is 12.1 Å². The number of nitrogens with two attached hydrogens (primary N) is 1. The second kappa shape index (κ2) is 8.15. The normalized spacial score (nSPS) is 14.6. The first kappa shape index (κ1) is 20.0. The molecule has 0 heterocycles. The van der Waals surface area contributed by atoms with Gasteiger partial charge in [0.05, 0.1) is 11.8 Å². The average molecular weight is 347 g/mol. The van der Waals surface area contributed by atoms with Gasteiger partial charge in [0, 0.05) is 16.9 Å². The maximum absolute atomic E-state index is 13.5. The van der Waals surface area contributed by atoms with Crippen molar-refractivity contribution in [2.24, 2.45) is 0 Å².